The molecular weight excluding hydrogens is 402 g/mol. The van der Waals surface area contributed by atoms with Crippen molar-refractivity contribution in [2.75, 3.05) is 31.6 Å². The molecule has 0 aliphatic carbocycles. The number of imide groups is 1. The van der Waals surface area contributed by atoms with E-state index in [1.54, 1.807) is 29.2 Å². The zero-order valence-corrected chi connectivity index (χ0v) is 18.1. The fraction of sp³-hybridized carbons (Fsp3) is 0.500. The van der Waals surface area contributed by atoms with Gasteiger partial charge in [0.25, 0.3) is 11.8 Å². The number of hydrogen-bond acceptors (Lipinski definition) is 7. The van der Waals surface area contributed by atoms with Crippen LogP contribution in [0.25, 0.3) is 0 Å². The van der Waals surface area contributed by atoms with E-state index in [0.29, 0.717) is 24.5 Å². The maximum atomic E-state index is 12.3. The maximum Gasteiger partial charge on any atom is 0.410 e. The number of ether oxygens (including phenoxy) is 2. The lowest BCUT2D eigenvalue weighted by atomic mass is 10.1. The molecule has 9 heteroatoms. The predicted molar refractivity (Wildman–Crippen MR) is 113 cm³/mol. The molecule has 0 spiro atoms. The van der Waals surface area contributed by atoms with Crippen molar-refractivity contribution in [2.24, 2.45) is 0 Å². The second-order valence-electron chi connectivity index (χ2n) is 8.53. The first-order valence-corrected chi connectivity index (χ1v) is 10.4. The number of likely N-dealkylation sites (tertiary alicyclic amines) is 1. The standard InChI is InChI=1S/C22H29N3O6/c1-22(2,3)31-21(29)24-10-4-5-17(14-24)30-16-8-6-15(7-9-16)23-18-13-19(27)25(11-12-26)20(18)28/h6-9,13,17,23,26H,4-5,10-12,14H2,1-3H3. The van der Waals surface area contributed by atoms with Gasteiger partial charge in [-0.3, -0.25) is 14.5 Å². The highest BCUT2D eigenvalue weighted by molar-refractivity contribution is 6.17. The predicted octanol–water partition coefficient (Wildman–Crippen LogP) is 2.12. The molecule has 2 N–H and O–H groups in total. The largest absolute Gasteiger partial charge is 0.489 e. The van der Waals surface area contributed by atoms with Gasteiger partial charge in [0, 0.05) is 18.3 Å². The van der Waals surface area contributed by atoms with Gasteiger partial charge < -0.3 is 24.8 Å². The molecule has 168 valence electrons. The monoisotopic (exact) mass is 431 g/mol. The number of carbonyl (C=O) groups is 3. The van der Waals surface area contributed by atoms with Crippen LogP contribution in [0.1, 0.15) is 33.6 Å². The van der Waals surface area contributed by atoms with E-state index in [0.717, 1.165) is 17.7 Å². The summed E-state index contributed by atoms with van der Waals surface area (Å²) in [5.41, 5.74) is 0.251. The minimum Gasteiger partial charge on any atom is -0.489 e. The molecule has 2 heterocycles. The van der Waals surface area contributed by atoms with Crippen LogP contribution in [0.2, 0.25) is 0 Å². The highest BCUT2D eigenvalue weighted by Crippen LogP contribution is 2.23. The van der Waals surface area contributed by atoms with Crippen molar-refractivity contribution in [3.05, 3.63) is 36.0 Å². The molecule has 0 aromatic heterocycles. The Kier molecular flexibility index (Phi) is 6.84. The Labute approximate surface area is 181 Å². The molecular formula is C22H29N3O6. The van der Waals surface area contributed by atoms with Crippen molar-refractivity contribution < 1.29 is 29.0 Å². The minimum atomic E-state index is -0.538. The Morgan fingerprint density at radius 1 is 1.23 bits per heavy atom. The Bertz CT molecular complexity index is 859. The number of nitrogens with one attached hydrogen (secondary N) is 1. The van der Waals surface area contributed by atoms with E-state index in [-0.39, 0.29) is 31.0 Å². The van der Waals surface area contributed by atoms with Gasteiger partial charge in [-0.2, -0.15) is 0 Å². The van der Waals surface area contributed by atoms with Crippen LogP contribution in [0.4, 0.5) is 10.5 Å². The van der Waals surface area contributed by atoms with E-state index >= 15 is 0 Å². The molecule has 1 atom stereocenters. The van der Waals surface area contributed by atoms with Gasteiger partial charge in [-0.25, -0.2) is 4.79 Å². The van der Waals surface area contributed by atoms with Gasteiger partial charge in [-0.1, -0.05) is 0 Å². The number of piperidine rings is 1. The van der Waals surface area contributed by atoms with Gasteiger partial charge in [0.05, 0.1) is 19.7 Å². The number of aliphatic hydroxyl groups is 1. The summed E-state index contributed by atoms with van der Waals surface area (Å²) in [5.74, 6) is -0.275. The van der Waals surface area contributed by atoms with Crippen molar-refractivity contribution in [3.8, 4) is 5.75 Å². The summed E-state index contributed by atoms with van der Waals surface area (Å²) in [6, 6.07) is 7.03. The smallest absolute Gasteiger partial charge is 0.410 e. The first-order valence-electron chi connectivity index (χ1n) is 10.4. The molecule has 1 saturated heterocycles. The third kappa shape index (κ3) is 5.97. The lowest BCUT2D eigenvalue weighted by Crippen LogP contribution is -2.46. The molecule has 1 aromatic carbocycles. The molecule has 1 fully saturated rings. The van der Waals surface area contributed by atoms with E-state index in [2.05, 4.69) is 5.32 Å². The zero-order valence-electron chi connectivity index (χ0n) is 18.1. The number of rotatable bonds is 6. The van der Waals surface area contributed by atoms with Crippen molar-refractivity contribution >= 4 is 23.6 Å². The van der Waals surface area contributed by atoms with Crippen LogP contribution in [0.5, 0.6) is 5.75 Å². The topological polar surface area (TPSA) is 108 Å². The average molecular weight is 431 g/mol. The molecule has 3 amide bonds. The van der Waals surface area contributed by atoms with E-state index < -0.39 is 17.4 Å². The summed E-state index contributed by atoms with van der Waals surface area (Å²) in [5, 5.41) is 11.9. The fourth-order valence-corrected chi connectivity index (χ4v) is 3.40. The third-order valence-corrected chi connectivity index (χ3v) is 4.80. The van der Waals surface area contributed by atoms with Crippen LogP contribution in [0.15, 0.2) is 36.0 Å². The van der Waals surface area contributed by atoms with Gasteiger partial charge in [0.15, 0.2) is 0 Å². The summed E-state index contributed by atoms with van der Waals surface area (Å²) in [6.45, 7) is 6.31. The average Bonchev–Trinajstić information content (AvgIpc) is 2.96. The van der Waals surface area contributed by atoms with Gasteiger partial charge >= 0.3 is 6.09 Å². The summed E-state index contributed by atoms with van der Waals surface area (Å²) in [7, 11) is 0. The van der Waals surface area contributed by atoms with Gasteiger partial charge in [0.2, 0.25) is 0 Å². The van der Waals surface area contributed by atoms with Crippen LogP contribution >= 0.6 is 0 Å². The number of aliphatic hydroxyl groups excluding tert-OH is 1. The molecule has 31 heavy (non-hydrogen) atoms. The SMILES string of the molecule is CC(C)(C)OC(=O)N1CCCC(Oc2ccc(NC3=CC(=O)N(CCO)C3=O)cc2)C1. The molecule has 1 aromatic rings. The summed E-state index contributed by atoms with van der Waals surface area (Å²) in [4.78, 5) is 39.0. The molecule has 2 aliphatic rings. The number of β-amino-alcohol motifs (C(OH)–C–C–N with tert-alkyl or cyclic N) is 1. The Morgan fingerprint density at radius 2 is 1.94 bits per heavy atom. The van der Waals surface area contributed by atoms with Crippen molar-refractivity contribution in [1.82, 2.24) is 9.80 Å². The van der Waals surface area contributed by atoms with Crippen LogP contribution in [0, 0.1) is 0 Å². The first-order chi connectivity index (χ1) is 14.7. The molecule has 0 radical (unpaired) electrons. The van der Waals surface area contributed by atoms with E-state index in [1.165, 1.54) is 6.08 Å². The van der Waals surface area contributed by atoms with Crippen LogP contribution < -0.4 is 10.1 Å². The lowest BCUT2D eigenvalue weighted by Gasteiger charge is -2.34. The van der Waals surface area contributed by atoms with Gasteiger partial charge in [-0.05, 0) is 57.9 Å². The zero-order chi connectivity index (χ0) is 22.6. The summed E-state index contributed by atoms with van der Waals surface area (Å²) < 4.78 is 11.5. The normalized spacial score (nSPS) is 19.4. The quantitative estimate of drug-likeness (QED) is 0.664. The molecule has 0 bridgehead atoms. The second kappa shape index (κ2) is 9.38. The Morgan fingerprint density at radius 3 is 2.58 bits per heavy atom. The third-order valence-electron chi connectivity index (χ3n) is 4.80. The van der Waals surface area contributed by atoms with Crippen molar-refractivity contribution in [1.29, 1.82) is 0 Å². The Balaban J connectivity index is 1.55. The van der Waals surface area contributed by atoms with Crippen molar-refractivity contribution in [2.45, 2.75) is 45.3 Å². The van der Waals surface area contributed by atoms with Crippen LogP contribution in [0.3, 0.4) is 0 Å². The molecule has 2 aliphatic heterocycles. The lowest BCUT2D eigenvalue weighted by molar-refractivity contribution is -0.137. The summed E-state index contributed by atoms with van der Waals surface area (Å²) >= 11 is 0. The number of carbonyl (C=O) groups excluding carboxylic acids is 3. The molecule has 1 unspecified atom stereocenters. The number of benzene rings is 1. The van der Waals surface area contributed by atoms with Crippen LogP contribution in [-0.2, 0) is 14.3 Å². The molecule has 3 rings (SSSR count). The second-order valence-corrected chi connectivity index (χ2v) is 8.53. The minimum absolute atomic E-state index is 0.0339. The van der Waals surface area contributed by atoms with E-state index in [4.69, 9.17) is 14.6 Å². The van der Waals surface area contributed by atoms with E-state index in [1.807, 2.05) is 20.8 Å². The number of nitrogens with zero attached hydrogens (tertiary/aromatic N) is 2. The van der Waals surface area contributed by atoms with Crippen molar-refractivity contribution in [3.63, 3.8) is 0 Å². The first kappa shape index (κ1) is 22.6. The summed E-state index contributed by atoms with van der Waals surface area (Å²) in [6.07, 6.45) is 2.42. The van der Waals surface area contributed by atoms with Crippen LogP contribution in [-0.4, -0.2) is 70.8 Å². The fourth-order valence-electron chi connectivity index (χ4n) is 3.40. The molecule has 0 saturated carbocycles. The number of amides is 3. The Hall–Kier alpha value is -3.07. The molecule has 9 nitrogen and oxygen atoms in total. The van der Waals surface area contributed by atoms with Gasteiger partial charge in [-0.15, -0.1) is 0 Å². The van der Waals surface area contributed by atoms with Gasteiger partial charge in [0.1, 0.15) is 23.2 Å². The highest BCUT2D eigenvalue weighted by Gasteiger charge is 2.31. The number of hydrogen-bond donors (Lipinski definition) is 2. The number of anilines is 1. The maximum absolute atomic E-state index is 12.3. The van der Waals surface area contributed by atoms with E-state index in [9.17, 15) is 14.4 Å². The highest BCUT2D eigenvalue weighted by atomic mass is 16.6.